The maximum atomic E-state index is 13.9. The van der Waals surface area contributed by atoms with Gasteiger partial charge in [-0.3, -0.25) is 4.79 Å². The van der Waals surface area contributed by atoms with E-state index in [0.717, 1.165) is 12.8 Å². The zero-order valence-corrected chi connectivity index (χ0v) is 7.05. The highest BCUT2D eigenvalue weighted by molar-refractivity contribution is 5.91. The van der Waals surface area contributed by atoms with Crippen LogP contribution < -0.4 is 0 Å². The minimum atomic E-state index is -1.38. The number of alkyl halides is 1. The zero-order chi connectivity index (χ0) is 8.34. The lowest BCUT2D eigenvalue weighted by atomic mass is 9.54. The van der Waals surface area contributed by atoms with Gasteiger partial charge in [-0.25, -0.2) is 4.39 Å². The van der Waals surface area contributed by atoms with Crippen LogP contribution in [0.25, 0.3) is 0 Å². The van der Waals surface area contributed by atoms with E-state index in [1.165, 1.54) is 6.42 Å². The van der Waals surface area contributed by atoms with E-state index in [-0.39, 0.29) is 11.7 Å². The van der Waals surface area contributed by atoms with E-state index in [9.17, 15) is 9.18 Å². The van der Waals surface area contributed by atoms with Gasteiger partial charge >= 0.3 is 0 Å². The third-order valence-corrected chi connectivity index (χ3v) is 3.94. The summed E-state index contributed by atoms with van der Waals surface area (Å²) in [5.41, 5.74) is -1.38. The first-order valence-corrected chi connectivity index (χ1v) is 4.90. The Morgan fingerprint density at radius 3 is 2.25 bits per heavy atom. The molecule has 4 saturated carbocycles. The van der Waals surface area contributed by atoms with Gasteiger partial charge in [0, 0.05) is 5.92 Å². The second kappa shape index (κ2) is 1.91. The molecule has 0 aromatic heterocycles. The second-order valence-electron chi connectivity index (χ2n) is 4.87. The summed E-state index contributed by atoms with van der Waals surface area (Å²) in [6.45, 7) is 0. The lowest BCUT2D eigenvalue weighted by molar-refractivity contribution is -0.155. The number of hydrogen-bond donors (Lipinski definition) is 0. The molecule has 66 valence electrons. The molecule has 2 heteroatoms. The van der Waals surface area contributed by atoms with Crippen LogP contribution in [-0.4, -0.2) is 11.5 Å². The molecule has 0 radical (unpaired) electrons. The summed E-state index contributed by atoms with van der Waals surface area (Å²) in [6.07, 6.45) is 4.25. The van der Waals surface area contributed by atoms with Gasteiger partial charge < -0.3 is 0 Å². The Morgan fingerprint density at radius 1 is 1.17 bits per heavy atom. The van der Waals surface area contributed by atoms with Crippen molar-refractivity contribution in [3.05, 3.63) is 0 Å². The quantitative estimate of drug-likeness (QED) is 0.541. The summed E-state index contributed by atoms with van der Waals surface area (Å²) < 4.78 is 13.9. The van der Waals surface area contributed by atoms with Crippen LogP contribution in [0.1, 0.15) is 32.1 Å². The van der Waals surface area contributed by atoms with Gasteiger partial charge in [-0.15, -0.1) is 0 Å². The fraction of sp³-hybridized carbons (Fsp3) is 0.900. The van der Waals surface area contributed by atoms with Crippen molar-refractivity contribution in [1.82, 2.24) is 0 Å². The molecule has 2 unspecified atom stereocenters. The van der Waals surface area contributed by atoms with Gasteiger partial charge in [0.25, 0.3) is 0 Å². The molecule has 4 fully saturated rings. The highest BCUT2D eigenvalue weighted by atomic mass is 19.1. The van der Waals surface area contributed by atoms with Gasteiger partial charge in [-0.05, 0) is 43.9 Å². The Balaban J connectivity index is 2.02. The van der Waals surface area contributed by atoms with Crippen LogP contribution in [0.2, 0.25) is 0 Å². The van der Waals surface area contributed by atoms with Gasteiger partial charge in [-0.1, -0.05) is 0 Å². The molecule has 4 aliphatic rings. The molecule has 12 heavy (non-hydrogen) atoms. The maximum Gasteiger partial charge on any atom is 0.173 e. The van der Waals surface area contributed by atoms with Crippen molar-refractivity contribution in [1.29, 1.82) is 0 Å². The minimum absolute atomic E-state index is 0.0605. The highest BCUT2D eigenvalue weighted by Crippen LogP contribution is 2.55. The number of ketones is 1. The smallest absolute Gasteiger partial charge is 0.173 e. The van der Waals surface area contributed by atoms with E-state index in [0.29, 0.717) is 24.7 Å². The molecule has 1 nitrogen and oxygen atoms in total. The lowest BCUT2D eigenvalue weighted by Crippen LogP contribution is -2.55. The van der Waals surface area contributed by atoms with Crippen LogP contribution in [0, 0.1) is 17.8 Å². The van der Waals surface area contributed by atoms with Gasteiger partial charge in [-0.2, -0.15) is 0 Å². The Bertz CT molecular complexity index is 234. The van der Waals surface area contributed by atoms with E-state index in [1.54, 1.807) is 0 Å². The monoisotopic (exact) mass is 168 g/mol. The van der Waals surface area contributed by atoms with Crippen molar-refractivity contribution < 1.29 is 9.18 Å². The molecule has 4 bridgehead atoms. The molecular weight excluding hydrogens is 155 g/mol. The zero-order valence-electron chi connectivity index (χ0n) is 7.05. The van der Waals surface area contributed by atoms with Crippen LogP contribution in [0.15, 0.2) is 0 Å². The number of hydrogen-bond acceptors (Lipinski definition) is 1. The Morgan fingerprint density at radius 2 is 1.75 bits per heavy atom. The summed E-state index contributed by atoms with van der Waals surface area (Å²) in [5, 5.41) is 0. The molecule has 4 atom stereocenters. The predicted molar refractivity (Wildman–Crippen MR) is 42.4 cm³/mol. The first-order valence-electron chi connectivity index (χ1n) is 4.90. The first-order chi connectivity index (χ1) is 5.67. The standard InChI is InChI=1S/C10H13FO/c11-10-4-6-1-7(5-10)3-8(2-6)9(10)12/h6-8H,1-5H2/t6-,7+,8?,10?. The Hall–Kier alpha value is -0.400. The number of Topliss-reactive ketones (excluding diaryl/α,β-unsaturated/α-hetero) is 1. The minimum Gasteiger partial charge on any atom is -0.296 e. The molecule has 0 amide bonds. The molecular formula is C10H13FO. The topological polar surface area (TPSA) is 17.1 Å². The average molecular weight is 168 g/mol. The SMILES string of the molecule is O=C1C2C[C@@H]3C[C@H](C2)CC1(F)C3. The summed E-state index contributed by atoms with van der Waals surface area (Å²) >= 11 is 0. The molecule has 0 spiro atoms. The molecule has 0 N–H and O–H groups in total. The van der Waals surface area contributed by atoms with Crippen LogP contribution in [0.4, 0.5) is 4.39 Å². The number of carbonyl (C=O) groups excluding carboxylic acids is 1. The second-order valence-corrected chi connectivity index (χ2v) is 4.87. The number of rotatable bonds is 0. The van der Waals surface area contributed by atoms with Gasteiger partial charge in [0.05, 0.1) is 0 Å². The fourth-order valence-electron chi connectivity index (χ4n) is 3.68. The Labute approximate surface area is 71.3 Å². The summed E-state index contributed by atoms with van der Waals surface area (Å²) in [5.74, 6) is 1.10. The van der Waals surface area contributed by atoms with Crippen molar-refractivity contribution in [2.75, 3.05) is 0 Å². The summed E-state index contributed by atoms with van der Waals surface area (Å²) in [6, 6.07) is 0. The number of halogens is 1. The fourth-order valence-corrected chi connectivity index (χ4v) is 3.68. The summed E-state index contributed by atoms with van der Waals surface area (Å²) in [4.78, 5) is 11.5. The van der Waals surface area contributed by atoms with E-state index in [1.807, 2.05) is 0 Å². The Kier molecular flexibility index (Phi) is 1.12. The van der Waals surface area contributed by atoms with E-state index >= 15 is 0 Å². The normalized spacial score (nSPS) is 56.4. The summed E-state index contributed by atoms with van der Waals surface area (Å²) in [7, 11) is 0. The van der Waals surface area contributed by atoms with E-state index in [2.05, 4.69) is 0 Å². The third-order valence-electron chi connectivity index (χ3n) is 3.94. The van der Waals surface area contributed by atoms with Crippen molar-refractivity contribution in [3.63, 3.8) is 0 Å². The largest absolute Gasteiger partial charge is 0.296 e. The van der Waals surface area contributed by atoms with Gasteiger partial charge in [0.1, 0.15) is 0 Å². The van der Waals surface area contributed by atoms with Crippen LogP contribution in [-0.2, 0) is 4.79 Å². The van der Waals surface area contributed by atoms with Crippen LogP contribution >= 0.6 is 0 Å². The molecule has 4 aliphatic carbocycles. The molecule has 4 rings (SSSR count). The van der Waals surface area contributed by atoms with E-state index in [4.69, 9.17) is 0 Å². The lowest BCUT2D eigenvalue weighted by Gasteiger charge is -2.51. The highest BCUT2D eigenvalue weighted by Gasteiger charge is 2.57. The average Bonchev–Trinajstić information content (AvgIpc) is 1.98. The molecule has 0 aromatic rings. The van der Waals surface area contributed by atoms with Crippen LogP contribution in [0.3, 0.4) is 0 Å². The van der Waals surface area contributed by atoms with Crippen molar-refractivity contribution in [2.24, 2.45) is 17.8 Å². The molecule has 0 saturated heterocycles. The van der Waals surface area contributed by atoms with Gasteiger partial charge in [0.2, 0.25) is 0 Å². The number of carbonyl (C=O) groups is 1. The van der Waals surface area contributed by atoms with Crippen molar-refractivity contribution >= 4 is 5.78 Å². The molecule has 0 aromatic carbocycles. The third kappa shape index (κ3) is 0.711. The first kappa shape index (κ1) is 7.05. The predicted octanol–water partition coefficient (Wildman–Crippen LogP) is 2.10. The molecule has 0 aliphatic heterocycles. The van der Waals surface area contributed by atoms with Crippen LogP contribution in [0.5, 0.6) is 0 Å². The molecule has 0 heterocycles. The van der Waals surface area contributed by atoms with Crippen molar-refractivity contribution in [2.45, 2.75) is 37.8 Å². The van der Waals surface area contributed by atoms with Gasteiger partial charge in [0.15, 0.2) is 11.5 Å². The van der Waals surface area contributed by atoms with E-state index < -0.39 is 5.67 Å². The van der Waals surface area contributed by atoms with Crippen molar-refractivity contribution in [3.8, 4) is 0 Å². The maximum absolute atomic E-state index is 13.9.